The fourth-order valence-electron chi connectivity index (χ4n) is 6.41. The van der Waals surface area contributed by atoms with Gasteiger partial charge < -0.3 is 14.2 Å². The van der Waals surface area contributed by atoms with Crippen LogP contribution >= 0.6 is 0 Å². The summed E-state index contributed by atoms with van der Waals surface area (Å²) in [5.41, 5.74) is 8.53. The summed E-state index contributed by atoms with van der Waals surface area (Å²) in [5, 5.41) is 4.54. The van der Waals surface area contributed by atoms with E-state index >= 15 is 0 Å². The molecule has 0 N–H and O–H groups in total. The van der Waals surface area contributed by atoms with Gasteiger partial charge in [0.05, 0.1) is 11.0 Å². The van der Waals surface area contributed by atoms with E-state index in [0.29, 0.717) is 5.75 Å². The molecule has 8 rings (SSSR count). The second-order valence-electron chi connectivity index (χ2n) is 11.3. The number of aromatic nitrogens is 1. The summed E-state index contributed by atoms with van der Waals surface area (Å²) < 4.78 is 8.97. The van der Waals surface area contributed by atoms with E-state index in [1.165, 1.54) is 16.3 Å². The fourth-order valence-corrected chi connectivity index (χ4v) is 6.41. The molecule has 1 heterocycles. The highest BCUT2D eigenvalue weighted by Gasteiger charge is 2.18. The molecule has 0 unspecified atom stereocenters. The standard InChI is InChI=1S/C42H31N3O/c1-43-42-36-20-9-8-15-31(36)23-26-41(42)46-29-44(34-19-12-16-32(27-34)30-13-4-2-5-14-30)35-24-25-38-37-21-10-11-22-39(37)45(40(38)28-35)33-17-6-3-7-18-33/h2-28H,1,29H2. The monoisotopic (exact) mass is 593 g/mol. The van der Waals surface area contributed by atoms with Gasteiger partial charge in [-0.15, -0.1) is 0 Å². The summed E-state index contributed by atoms with van der Waals surface area (Å²) in [6.45, 7) is 4.15. The normalized spacial score (nSPS) is 11.2. The highest BCUT2D eigenvalue weighted by molar-refractivity contribution is 6.10. The van der Waals surface area contributed by atoms with Gasteiger partial charge in [0.25, 0.3) is 0 Å². The van der Waals surface area contributed by atoms with Crippen LogP contribution in [0.5, 0.6) is 5.75 Å². The average molecular weight is 594 g/mol. The van der Waals surface area contributed by atoms with Gasteiger partial charge in [0.2, 0.25) is 0 Å². The lowest BCUT2D eigenvalue weighted by Crippen LogP contribution is -2.23. The highest BCUT2D eigenvalue weighted by Crippen LogP contribution is 2.39. The van der Waals surface area contributed by atoms with Crippen molar-refractivity contribution < 1.29 is 4.74 Å². The Hall–Kier alpha value is -6.13. The summed E-state index contributed by atoms with van der Waals surface area (Å²) in [5.74, 6) is 0.692. The Bertz CT molecular complexity index is 2340. The Balaban J connectivity index is 1.28. The van der Waals surface area contributed by atoms with Crippen LogP contribution in [0.4, 0.5) is 17.1 Å². The quantitative estimate of drug-likeness (QED) is 0.130. The van der Waals surface area contributed by atoms with Crippen LogP contribution in [0.15, 0.2) is 169 Å². The van der Waals surface area contributed by atoms with E-state index in [-0.39, 0.29) is 6.73 Å². The Kier molecular flexibility index (Phi) is 7.01. The van der Waals surface area contributed by atoms with Gasteiger partial charge in [-0.05, 0) is 71.8 Å². The molecule has 0 aliphatic rings. The second-order valence-corrected chi connectivity index (χ2v) is 11.3. The lowest BCUT2D eigenvalue weighted by Gasteiger charge is -2.26. The second kappa shape index (κ2) is 11.8. The maximum atomic E-state index is 6.62. The molecule has 220 valence electrons. The molecule has 46 heavy (non-hydrogen) atoms. The van der Waals surface area contributed by atoms with E-state index in [0.717, 1.165) is 50.2 Å². The number of rotatable bonds is 8. The average Bonchev–Trinajstić information content (AvgIpc) is 3.46. The van der Waals surface area contributed by atoms with Crippen LogP contribution in [0, 0.1) is 0 Å². The smallest absolute Gasteiger partial charge is 0.165 e. The van der Waals surface area contributed by atoms with E-state index in [9.17, 15) is 0 Å². The van der Waals surface area contributed by atoms with Gasteiger partial charge in [-0.2, -0.15) is 0 Å². The molecule has 0 fully saturated rings. The van der Waals surface area contributed by atoms with Crippen molar-refractivity contribution >= 4 is 56.4 Å². The van der Waals surface area contributed by atoms with Crippen molar-refractivity contribution in [2.45, 2.75) is 0 Å². The van der Waals surface area contributed by atoms with Gasteiger partial charge in [0.1, 0.15) is 11.4 Å². The molecule has 4 nitrogen and oxygen atoms in total. The molecule has 7 aromatic carbocycles. The van der Waals surface area contributed by atoms with Crippen LogP contribution < -0.4 is 9.64 Å². The van der Waals surface area contributed by atoms with E-state index in [1.807, 2.05) is 24.3 Å². The van der Waals surface area contributed by atoms with Gasteiger partial charge in [0, 0.05) is 33.2 Å². The van der Waals surface area contributed by atoms with Crippen LogP contribution in [0.1, 0.15) is 0 Å². The lowest BCUT2D eigenvalue weighted by atomic mass is 10.0. The molecule has 0 spiro atoms. The first-order valence-corrected chi connectivity index (χ1v) is 15.4. The molecule has 1 aromatic heterocycles. The summed E-state index contributed by atoms with van der Waals surface area (Å²) in [7, 11) is 0. The molecule has 4 heteroatoms. The first-order chi connectivity index (χ1) is 22.8. The molecular weight excluding hydrogens is 562 g/mol. The van der Waals surface area contributed by atoms with Crippen molar-refractivity contribution in [1.82, 2.24) is 4.57 Å². The number of nitrogens with zero attached hydrogens (tertiary/aromatic N) is 3. The van der Waals surface area contributed by atoms with Crippen LogP contribution in [0.2, 0.25) is 0 Å². The zero-order valence-electron chi connectivity index (χ0n) is 25.3. The van der Waals surface area contributed by atoms with Gasteiger partial charge in [-0.3, -0.25) is 4.99 Å². The maximum Gasteiger partial charge on any atom is 0.165 e. The molecule has 0 bridgehead atoms. The van der Waals surface area contributed by atoms with Crippen LogP contribution in [-0.2, 0) is 0 Å². The Morgan fingerprint density at radius 3 is 2.04 bits per heavy atom. The lowest BCUT2D eigenvalue weighted by molar-refractivity contribution is 0.328. The minimum Gasteiger partial charge on any atom is -0.470 e. The number of ether oxygens (including phenoxy) is 1. The number of para-hydroxylation sites is 2. The largest absolute Gasteiger partial charge is 0.470 e. The van der Waals surface area contributed by atoms with E-state index in [2.05, 4.69) is 161 Å². The highest BCUT2D eigenvalue weighted by atomic mass is 16.5. The number of benzene rings is 7. The molecule has 0 amide bonds. The SMILES string of the molecule is C=Nc1c(OCN(c2cccc(-c3ccccc3)c2)c2ccc3c4ccccc4n(-c4ccccc4)c3c2)ccc2ccccc12. The maximum absolute atomic E-state index is 6.62. The van der Waals surface area contributed by atoms with Crippen molar-refractivity contribution in [1.29, 1.82) is 0 Å². The van der Waals surface area contributed by atoms with Crippen molar-refractivity contribution in [2.24, 2.45) is 4.99 Å². The number of hydrogen-bond donors (Lipinski definition) is 0. The van der Waals surface area contributed by atoms with Crippen molar-refractivity contribution in [3.05, 3.63) is 164 Å². The number of hydrogen-bond acceptors (Lipinski definition) is 3. The van der Waals surface area contributed by atoms with Crippen LogP contribution in [0.25, 0.3) is 49.4 Å². The molecular formula is C42H31N3O. The van der Waals surface area contributed by atoms with Gasteiger partial charge in [-0.1, -0.05) is 115 Å². The Morgan fingerprint density at radius 1 is 0.543 bits per heavy atom. The Labute approximate surface area is 268 Å². The third-order valence-electron chi connectivity index (χ3n) is 8.62. The Morgan fingerprint density at radius 2 is 1.22 bits per heavy atom. The molecule has 0 radical (unpaired) electrons. The third-order valence-corrected chi connectivity index (χ3v) is 8.62. The predicted octanol–water partition coefficient (Wildman–Crippen LogP) is 11.1. The molecule has 8 aromatic rings. The van der Waals surface area contributed by atoms with E-state index in [4.69, 9.17) is 4.74 Å². The molecule has 0 saturated heterocycles. The summed E-state index contributed by atoms with van der Waals surface area (Å²) in [4.78, 5) is 6.61. The van der Waals surface area contributed by atoms with Crippen LogP contribution in [0.3, 0.4) is 0 Å². The van der Waals surface area contributed by atoms with Gasteiger partial charge >= 0.3 is 0 Å². The zero-order valence-corrected chi connectivity index (χ0v) is 25.3. The zero-order chi connectivity index (χ0) is 30.9. The number of aliphatic imine (C=N–C) groups is 1. The first kappa shape index (κ1) is 27.4. The fraction of sp³-hybridized carbons (Fsp3) is 0.0238. The number of anilines is 2. The van der Waals surface area contributed by atoms with Crippen molar-refractivity contribution in [3.8, 4) is 22.6 Å². The molecule has 0 aliphatic heterocycles. The van der Waals surface area contributed by atoms with Crippen LogP contribution in [-0.4, -0.2) is 18.0 Å². The molecule has 0 atom stereocenters. The molecule has 0 aliphatic carbocycles. The minimum atomic E-state index is 0.274. The van der Waals surface area contributed by atoms with Gasteiger partial charge in [-0.25, -0.2) is 0 Å². The first-order valence-electron chi connectivity index (χ1n) is 15.4. The van der Waals surface area contributed by atoms with E-state index in [1.54, 1.807) is 0 Å². The topological polar surface area (TPSA) is 29.8 Å². The summed E-state index contributed by atoms with van der Waals surface area (Å²) >= 11 is 0. The summed E-state index contributed by atoms with van der Waals surface area (Å²) in [6.07, 6.45) is 0. The van der Waals surface area contributed by atoms with E-state index < -0.39 is 0 Å². The summed E-state index contributed by atoms with van der Waals surface area (Å²) in [6, 6.07) is 57.2. The van der Waals surface area contributed by atoms with Crippen molar-refractivity contribution in [2.75, 3.05) is 11.6 Å². The van der Waals surface area contributed by atoms with Crippen molar-refractivity contribution in [3.63, 3.8) is 0 Å². The number of fused-ring (bicyclic) bond motifs is 4. The predicted molar refractivity (Wildman–Crippen MR) is 193 cm³/mol. The third kappa shape index (κ3) is 4.86. The van der Waals surface area contributed by atoms with Gasteiger partial charge in [0.15, 0.2) is 6.73 Å². The minimum absolute atomic E-state index is 0.274. The molecule has 0 saturated carbocycles.